The molecule has 94 valence electrons. The van der Waals surface area contributed by atoms with E-state index in [1.807, 2.05) is 6.07 Å². The first-order valence-corrected chi connectivity index (χ1v) is 6.60. The van der Waals surface area contributed by atoms with Crippen LogP contribution in [0.25, 0.3) is 11.1 Å². The van der Waals surface area contributed by atoms with Crippen LogP contribution in [-0.2, 0) is 6.42 Å². The summed E-state index contributed by atoms with van der Waals surface area (Å²) in [6.07, 6.45) is 0.961. The Morgan fingerprint density at radius 3 is 2.05 bits per heavy atom. The number of H-pyrrole nitrogens is 1. The van der Waals surface area contributed by atoms with Gasteiger partial charge in [-0.25, -0.2) is 0 Å². The first kappa shape index (κ1) is 11.8. The van der Waals surface area contributed by atoms with Gasteiger partial charge in [-0.3, -0.25) is 0 Å². The minimum Gasteiger partial charge on any atom is -0.362 e. The molecule has 0 spiro atoms. The molecule has 0 aliphatic rings. The van der Waals surface area contributed by atoms with Crippen LogP contribution in [0.2, 0.25) is 0 Å². The Balaban J connectivity index is 1.79. The van der Waals surface area contributed by atoms with Gasteiger partial charge in [0.15, 0.2) is 0 Å². The lowest BCUT2D eigenvalue weighted by molar-refractivity contribution is 1.08. The average molecular weight is 247 g/mol. The van der Waals surface area contributed by atoms with Crippen LogP contribution in [0.3, 0.4) is 0 Å². The second-order valence-electron chi connectivity index (χ2n) is 4.91. The molecule has 0 saturated carbocycles. The number of nitrogens with one attached hydrogen (secondary N) is 1. The maximum absolute atomic E-state index is 3.37. The van der Waals surface area contributed by atoms with Crippen LogP contribution in [0, 0.1) is 6.92 Å². The van der Waals surface area contributed by atoms with Crippen LogP contribution >= 0.6 is 0 Å². The minimum atomic E-state index is 0.961. The van der Waals surface area contributed by atoms with Crippen LogP contribution in [0.15, 0.2) is 66.7 Å². The van der Waals surface area contributed by atoms with Gasteiger partial charge in [-0.15, -0.1) is 0 Å². The Morgan fingerprint density at radius 1 is 0.737 bits per heavy atom. The molecule has 2 aromatic carbocycles. The fourth-order valence-electron chi connectivity index (χ4n) is 2.33. The summed E-state index contributed by atoms with van der Waals surface area (Å²) in [5.41, 5.74) is 6.36. The number of aryl methyl sites for hydroxylation is 1. The summed E-state index contributed by atoms with van der Waals surface area (Å²) in [6, 6.07) is 23.6. The van der Waals surface area contributed by atoms with Crippen molar-refractivity contribution in [3.05, 3.63) is 83.7 Å². The Hall–Kier alpha value is -2.28. The Bertz CT molecular complexity index is 648. The summed E-state index contributed by atoms with van der Waals surface area (Å²) in [5.74, 6) is 0. The van der Waals surface area contributed by atoms with Gasteiger partial charge in [-0.05, 0) is 35.7 Å². The van der Waals surface area contributed by atoms with Crippen molar-refractivity contribution in [2.24, 2.45) is 0 Å². The number of rotatable bonds is 3. The summed E-state index contributed by atoms with van der Waals surface area (Å²) in [6.45, 7) is 2.09. The number of aromatic amines is 1. The zero-order valence-electron chi connectivity index (χ0n) is 11.1. The molecule has 0 radical (unpaired) electrons. The lowest BCUT2D eigenvalue weighted by Crippen LogP contribution is -1.88. The lowest BCUT2D eigenvalue weighted by atomic mass is 10.0. The predicted octanol–water partition coefficient (Wildman–Crippen LogP) is 4.58. The molecule has 3 aromatic rings. The molecule has 0 aliphatic heterocycles. The van der Waals surface area contributed by atoms with Crippen LogP contribution in [-0.4, -0.2) is 4.98 Å². The minimum absolute atomic E-state index is 0.961. The topological polar surface area (TPSA) is 15.8 Å². The summed E-state index contributed by atoms with van der Waals surface area (Å²) in [5, 5.41) is 0. The molecule has 0 fully saturated rings. The fraction of sp³-hybridized carbons (Fsp3) is 0.111. The zero-order chi connectivity index (χ0) is 13.1. The van der Waals surface area contributed by atoms with E-state index in [1.54, 1.807) is 0 Å². The lowest BCUT2D eigenvalue weighted by Gasteiger charge is -2.04. The number of hydrogen-bond donors (Lipinski definition) is 1. The molecule has 3 rings (SSSR count). The third-order valence-electron chi connectivity index (χ3n) is 3.35. The molecule has 0 unspecified atom stereocenters. The van der Waals surface area contributed by atoms with E-state index in [0.29, 0.717) is 0 Å². The van der Waals surface area contributed by atoms with E-state index >= 15 is 0 Å². The Kier molecular flexibility index (Phi) is 3.20. The standard InChI is InChI=1S/C18H17N/c1-14-7-12-18(19-14)13-15-8-10-17(11-9-15)16-5-3-2-4-6-16/h2-12,19H,13H2,1H3. The maximum Gasteiger partial charge on any atom is 0.0193 e. The molecular weight excluding hydrogens is 230 g/mol. The molecule has 1 heteroatoms. The van der Waals surface area contributed by atoms with Gasteiger partial charge < -0.3 is 4.98 Å². The first-order valence-electron chi connectivity index (χ1n) is 6.60. The Morgan fingerprint density at radius 2 is 1.42 bits per heavy atom. The van der Waals surface area contributed by atoms with Crippen molar-refractivity contribution in [1.82, 2.24) is 4.98 Å². The van der Waals surface area contributed by atoms with E-state index in [1.165, 1.54) is 28.1 Å². The SMILES string of the molecule is Cc1ccc(Cc2ccc(-c3ccccc3)cc2)[nH]1. The molecule has 1 nitrogen and oxygen atoms in total. The largest absolute Gasteiger partial charge is 0.362 e. The summed E-state index contributed by atoms with van der Waals surface area (Å²) in [4.78, 5) is 3.37. The molecule has 0 atom stereocenters. The summed E-state index contributed by atoms with van der Waals surface area (Å²) in [7, 11) is 0. The van der Waals surface area contributed by atoms with Crippen molar-refractivity contribution < 1.29 is 0 Å². The van der Waals surface area contributed by atoms with Gasteiger partial charge in [-0.2, -0.15) is 0 Å². The quantitative estimate of drug-likeness (QED) is 0.697. The normalized spacial score (nSPS) is 10.6. The third-order valence-corrected chi connectivity index (χ3v) is 3.35. The molecule has 0 aliphatic carbocycles. The molecule has 0 saturated heterocycles. The monoisotopic (exact) mass is 247 g/mol. The number of aromatic nitrogens is 1. The number of benzene rings is 2. The van der Waals surface area contributed by atoms with Crippen molar-refractivity contribution in [3.8, 4) is 11.1 Å². The van der Waals surface area contributed by atoms with Gasteiger partial charge in [0.1, 0.15) is 0 Å². The molecule has 1 aromatic heterocycles. The van der Waals surface area contributed by atoms with Crippen LogP contribution in [0.1, 0.15) is 17.0 Å². The van der Waals surface area contributed by atoms with E-state index in [4.69, 9.17) is 0 Å². The molecule has 0 amide bonds. The zero-order valence-corrected chi connectivity index (χ0v) is 11.1. The average Bonchev–Trinajstić information content (AvgIpc) is 2.86. The van der Waals surface area contributed by atoms with Gasteiger partial charge in [0, 0.05) is 17.8 Å². The van der Waals surface area contributed by atoms with E-state index < -0.39 is 0 Å². The maximum atomic E-state index is 3.37. The predicted molar refractivity (Wildman–Crippen MR) is 80.2 cm³/mol. The van der Waals surface area contributed by atoms with Crippen LogP contribution in [0.5, 0.6) is 0 Å². The van der Waals surface area contributed by atoms with Crippen molar-refractivity contribution in [3.63, 3.8) is 0 Å². The highest BCUT2D eigenvalue weighted by Gasteiger charge is 2.00. The van der Waals surface area contributed by atoms with E-state index in [0.717, 1.165) is 6.42 Å². The van der Waals surface area contributed by atoms with Gasteiger partial charge in [0.05, 0.1) is 0 Å². The highest BCUT2D eigenvalue weighted by molar-refractivity contribution is 5.63. The molecule has 1 N–H and O–H groups in total. The highest BCUT2D eigenvalue weighted by Crippen LogP contribution is 2.20. The third kappa shape index (κ3) is 2.76. The van der Waals surface area contributed by atoms with E-state index in [2.05, 4.69) is 72.6 Å². The van der Waals surface area contributed by atoms with Gasteiger partial charge in [0.2, 0.25) is 0 Å². The molecule has 19 heavy (non-hydrogen) atoms. The van der Waals surface area contributed by atoms with E-state index in [9.17, 15) is 0 Å². The molecule has 1 heterocycles. The number of hydrogen-bond acceptors (Lipinski definition) is 0. The highest BCUT2D eigenvalue weighted by atomic mass is 14.7. The van der Waals surface area contributed by atoms with Gasteiger partial charge in [-0.1, -0.05) is 54.6 Å². The van der Waals surface area contributed by atoms with Crippen molar-refractivity contribution in [2.75, 3.05) is 0 Å². The smallest absolute Gasteiger partial charge is 0.0193 e. The van der Waals surface area contributed by atoms with Crippen LogP contribution in [0.4, 0.5) is 0 Å². The van der Waals surface area contributed by atoms with Crippen molar-refractivity contribution >= 4 is 0 Å². The Labute approximate surface area is 113 Å². The second-order valence-corrected chi connectivity index (χ2v) is 4.91. The first-order chi connectivity index (χ1) is 9.31. The van der Waals surface area contributed by atoms with E-state index in [-0.39, 0.29) is 0 Å². The van der Waals surface area contributed by atoms with Gasteiger partial charge >= 0.3 is 0 Å². The summed E-state index contributed by atoms with van der Waals surface area (Å²) < 4.78 is 0. The molecule has 0 bridgehead atoms. The summed E-state index contributed by atoms with van der Waals surface area (Å²) >= 11 is 0. The fourth-order valence-corrected chi connectivity index (χ4v) is 2.33. The van der Waals surface area contributed by atoms with Crippen molar-refractivity contribution in [1.29, 1.82) is 0 Å². The van der Waals surface area contributed by atoms with Crippen LogP contribution < -0.4 is 0 Å². The van der Waals surface area contributed by atoms with Crippen molar-refractivity contribution in [2.45, 2.75) is 13.3 Å². The van der Waals surface area contributed by atoms with Gasteiger partial charge in [0.25, 0.3) is 0 Å². The molecular formula is C18H17N. The second kappa shape index (κ2) is 5.15.